The molecule has 1 aromatic rings. The zero-order chi connectivity index (χ0) is 13.7. The predicted molar refractivity (Wildman–Crippen MR) is 74.1 cm³/mol. The number of hydrogen-bond acceptors (Lipinski definition) is 1. The third-order valence-corrected chi connectivity index (χ3v) is 4.00. The largest absolute Gasteiger partial charge is 0.341 e. The number of rotatable bonds is 5. The Balaban J connectivity index is 1.76. The van der Waals surface area contributed by atoms with Crippen LogP contribution < -0.4 is 0 Å². The van der Waals surface area contributed by atoms with E-state index in [0.717, 1.165) is 17.9 Å². The van der Waals surface area contributed by atoms with Crippen LogP contribution in [0.1, 0.15) is 44.1 Å². The standard InChI is InChI=1S/C16H22FNO/c1-18(12-14-6-9-15(17)10-7-14)16(19)11-8-13-4-2-3-5-13/h6-7,9-10,13H,2-5,8,11-12H2,1H3. The highest BCUT2D eigenvalue weighted by atomic mass is 19.1. The van der Waals surface area contributed by atoms with Crippen LogP contribution in [-0.4, -0.2) is 17.9 Å². The minimum absolute atomic E-state index is 0.191. The molecule has 1 aliphatic carbocycles. The quantitative estimate of drug-likeness (QED) is 0.792. The third kappa shape index (κ3) is 4.34. The number of carbonyl (C=O) groups excluding carboxylic acids is 1. The van der Waals surface area contributed by atoms with Crippen molar-refractivity contribution in [2.45, 2.75) is 45.1 Å². The highest BCUT2D eigenvalue weighted by molar-refractivity contribution is 5.75. The van der Waals surface area contributed by atoms with E-state index in [2.05, 4.69) is 0 Å². The van der Waals surface area contributed by atoms with Crippen molar-refractivity contribution in [3.8, 4) is 0 Å². The van der Waals surface area contributed by atoms with Crippen LogP contribution in [-0.2, 0) is 11.3 Å². The van der Waals surface area contributed by atoms with Gasteiger partial charge in [0.05, 0.1) is 0 Å². The number of amides is 1. The van der Waals surface area contributed by atoms with Gasteiger partial charge in [-0.05, 0) is 30.0 Å². The van der Waals surface area contributed by atoms with Crippen molar-refractivity contribution < 1.29 is 9.18 Å². The molecule has 1 aliphatic rings. The number of nitrogens with zero attached hydrogens (tertiary/aromatic N) is 1. The molecule has 0 aliphatic heterocycles. The van der Waals surface area contributed by atoms with Gasteiger partial charge in [-0.2, -0.15) is 0 Å². The van der Waals surface area contributed by atoms with E-state index in [9.17, 15) is 9.18 Å². The van der Waals surface area contributed by atoms with Crippen LogP contribution in [0.2, 0.25) is 0 Å². The average Bonchev–Trinajstić information content (AvgIpc) is 2.91. The Kier molecular flexibility index (Phi) is 4.94. The fourth-order valence-electron chi connectivity index (χ4n) is 2.77. The van der Waals surface area contributed by atoms with E-state index in [1.54, 1.807) is 17.0 Å². The second-order valence-electron chi connectivity index (χ2n) is 5.57. The Morgan fingerprint density at radius 3 is 2.53 bits per heavy atom. The summed E-state index contributed by atoms with van der Waals surface area (Å²) < 4.78 is 12.8. The summed E-state index contributed by atoms with van der Waals surface area (Å²) in [5, 5.41) is 0. The van der Waals surface area contributed by atoms with Gasteiger partial charge >= 0.3 is 0 Å². The molecule has 19 heavy (non-hydrogen) atoms. The highest BCUT2D eigenvalue weighted by Crippen LogP contribution is 2.28. The Bertz CT molecular complexity index is 409. The van der Waals surface area contributed by atoms with Crippen LogP contribution in [0.15, 0.2) is 24.3 Å². The van der Waals surface area contributed by atoms with Crippen LogP contribution in [0.4, 0.5) is 4.39 Å². The van der Waals surface area contributed by atoms with Crippen molar-refractivity contribution in [1.82, 2.24) is 4.90 Å². The Labute approximate surface area is 114 Å². The topological polar surface area (TPSA) is 20.3 Å². The lowest BCUT2D eigenvalue weighted by Gasteiger charge is -2.18. The van der Waals surface area contributed by atoms with Gasteiger partial charge in [0.25, 0.3) is 0 Å². The lowest BCUT2D eigenvalue weighted by Crippen LogP contribution is -2.26. The van der Waals surface area contributed by atoms with Gasteiger partial charge in [0.15, 0.2) is 0 Å². The summed E-state index contributed by atoms with van der Waals surface area (Å²) >= 11 is 0. The smallest absolute Gasteiger partial charge is 0.222 e. The molecule has 104 valence electrons. The molecule has 3 heteroatoms. The van der Waals surface area contributed by atoms with Gasteiger partial charge in [0.2, 0.25) is 5.91 Å². The van der Waals surface area contributed by atoms with Crippen LogP contribution in [0, 0.1) is 11.7 Å². The van der Waals surface area contributed by atoms with Crippen LogP contribution in [0.25, 0.3) is 0 Å². The second-order valence-corrected chi connectivity index (χ2v) is 5.57. The van der Waals surface area contributed by atoms with Crippen molar-refractivity contribution in [2.24, 2.45) is 5.92 Å². The minimum Gasteiger partial charge on any atom is -0.341 e. The van der Waals surface area contributed by atoms with Crippen molar-refractivity contribution in [1.29, 1.82) is 0 Å². The first kappa shape index (κ1) is 14.0. The summed E-state index contributed by atoms with van der Waals surface area (Å²) in [6.45, 7) is 0.559. The molecule has 1 amide bonds. The van der Waals surface area contributed by atoms with E-state index in [1.165, 1.54) is 37.8 Å². The number of halogens is 1. The lowest BCUT2D eigenvalue weighted by atomic mass is 10.0. The van der Waals surface area contributed by atoms with Crippen LogP contribution >= 0.6 is 0 Å². The molecular formula is C16H22FNO. The molecule has 1 saturated carbocycles. The van der Waals surface area contributed by atoms with E-state index in [4.69, 9.17) is 0 Å². The maximum Gasteiger partial charge on any atom is 0.222 e. The number of benzene rings is 1. The van der Waals surface area contributed by atoms with E-state index in [1.807, 2.05) is 7.05 Å². The molecule has 0 aromatic heterocycles. The van der Waals surface area contributed by atoms with Crippen LogP contribution in [0.5, 0.6) is 0 Å². The zero-order valence-electron chi connectivity index (χ0n) is 11.6. The van der Waals surface area contributed by atoms with E-state index >= 15 is 0 Å². The summed E-state index contributed by atoms with van der Waals surface area (Å²) in [7, 11) is 1.82. The van der Waals surface area contributed by atoms with Crippen molar-refractivity contribution in [3.05, 3.63) is 35.6 Å². The molecule has 0 spiro atoms. The molecule has 0 radical (unpaired) electrons. The first-order valence-corrected chi connectivity index (χ1v) is 7.13. The maximum atomic E-state index is 12.8. The van der Waals surface area contributed by atoms with Crippen molar-refractivity contribution in [2.75, 3.05) is 7.05 Å². The zero-order valence-corrected chi connectivity index (χ0v) is 11.6. The molecule has 0 atom stereocenters. The predicted octanol–water partition coefficient (Wildman–Crippen LogP) is 3.75. The summed E-state index contributed by atoms with van der Waals surface area (Å²) in [6, 6.07) is 6.34. The van der Waals surface area contributed by atoms with E-state index in [-0.39, 0.29) is 11.7 Å². The van der Waals surface area contributed by atoms with Crippen molar-refractivity contribution >= 4 is 5.91 Å². The molecule has 1 fully saturated rings. The van der Waals surface area contributed by atoms with Gasteiger partial charge in [-0.25, -0.2) is 4.39 Å². The number of carbonyl (C=O) groups is 1. The molecule has 0 saturated heterocycles. The fourth-order valence-corrected chi connectivity index (χ4v) is 2.77. The Morgan fingerprint density at radius 2 is 1.89 bits per heavy atom. The average molecular weight is 263 g/mol. The molecule has 1 aromatic carbocycles. The molecule has 2 rings (SSSR count). The monoisotopic (exact) mass is 263 g/mol. The van der Waals surface area contributed by atoms with Gasteiger partial charge in [0, 0.05) is 20.0 Å². The fraction of sp³-hybridized carbons (Fsp3) is 0.562. The normalized spacial score (nSPS) is 15.7. The van der Waals surface area contributed by atoms with Gasteiger partial charge in [-0.15, -0.1) is 0 Å². The SMILES string of the molecule is CN(Cc1ccc(F)cc1)C(=O)CCC1CCCC1. The van der Waals surface area contributed by atoms with Gasteiger partial charge < -0.3 is 4.90 Å². The molecule has 0 N–H and O–H groups in total. The molecule has 0 bridgehead atoms. The Morgan fingerprint density at radius 1 is 1.26 bits per heavy atom. The summed E-state index contributed by atoms with van der Waals surface area (Å²) in [5.41, 5.74) is 0.970. The third-order valence-electron chi connectivity index (χ3n) is 4.00. The van der Waals surface area contributed by atoms with Crippen molar-refractivity contribution in [3.63, 3.8) is 0 Å². The Hall–Kier alpha value is -1.38. The molecule has 2 nitrogen and oxygen atoms in total. The van der Waals surface area contributed by atoms with E-state index in [0.29, 0.717) is 13.0 Å². The van der Waals surface area contributed by atoms with Gasteiger partial charge in [-0.3, -0.25) is 4.79 Å². The van der Waals surface area contributed by atoms with Gasteiger partial charge in [0.1, 0.15) is 5.82 Å². The first-order chi connectivity index (χ1) is 9.15. The second kappa shape index (κ2) is 6.69. The maximum absolute atomic E-state index is 12.8. The van der Waals surface area contributed by atoms with Gasteiger partial charge in [-0.1, -0.05) is 37.8 Å². The minimum atomic E-state index is -0.237. The summed E-state index contributed by atoms with van der Waals surface area (Å²) in [5.74, 6) is 0.707. The number of hydrogen-bond donors (Lipinski definition) is 0. The molecule has 0 heterocycles. The highest BCUT2D eigenvalue weighted by Gasteiger charge is 2.17. The summed E-state index contributed by atoms with van der Waals surface area (Å²) in [6.07, 6.45) is 6.88. The molecular weight excluding hydrogens is 241 g/mol. The lowest BCUT2D eigenvalue weighted by molar-refractivity contribution is -0.130. The van der Waals surface area contributed by atoms with Crippen LogP contribution in [0.3, 0.4) is 0 Å². The van der Waals surface area contributed by atoms with E-state index < -0.39 is 0 Å². The molecule has 0 unspecified atom stereocenters. The first-order valence-electron chi connectivity index (χ1n) is 7.13. The summed E-state index contributed by atoms with van der Waals surface area (Å²) in [4.78, 5) is 13.8.